The maximum Gasteiger partial charge on any atom is 0.267 e. The van der Waals surface area contributed by atoms with E-state index >= 15 is 0 Å². The SMILES string of the molecule is CCOc1ccc(/C=N\O[C@@H](C)C(=O)Nc2ccc(N3CCCCC3)cc2)cc1. The van der Waals surface area contributed by atoms with Crippen LogP contribution in [0.2, 0.25) is 0 Å². The Morgan fingerprint density at radius 3 is 2.45 bits per heavy atom. The lowest BCUT2D eigenvalue weighted by Gasteiger charge is -2.28. The molecule has 3 rings (SSSR count). The molecule has 1 N–H and O–H groups in total. The van der Waals surface area contributed by atoms with E-state index in [9.17, 15) is 4.79 Å². The zero-order valence-electron chi connectivity index (χ0n) is 17.1. The van der Waals surface area contributed by atoms with E-state index in [-0.39, 0.29) is 5.91 Å². The molecule has 1 amide bonds. The van der Waals surface area contributed by atoms with Crippen molar-refractivity contribution < 1.29 is 14.4 Å². The number of benzene rings is 2. The number of oxime groups is 1. The molecule has 1 heterocycles. The Kier molecular flexibility index (Phi) is 7.50. The number of rotatable bonds is 8. The molecule has 2 aromatic rings. The number of piperidine rings is 1. The standard InChI is InChI=1S/C23H29N3O3/c1-3-28-22-13-7-19(8-14-22)17-24-29-18(2)23(27)25-20-9-11-21(12-10-20)26-15-5-4-6-16-26/h7-14,17-18H,3-6,15-16H2,1-2H3,(H,25,27)/b24-17-/t18-/m0/s1. The van der Waals surface area contributed by atoms with Gasteiger partial charge in [-0.25, -0.2) is 0 Å². The molecule has 6 nitrogen and oxygen atoms in total. The maximum atomic E-state index is 12.3. The Hall–Kier alpha value is -3.02. The molecule has 1 saturated heterocycles. The van der Waals surface area contributed by atoms with Gasteiger partial charge in [-0.2, -0.15) is 0 Å². The van der Waals surface area contributed by atoms with Crippen LogP contribution in [0.5, 0.6) is 5.75 Å². The fourth-order valence-electron chi connectivity index (χ4n) is 3.20. The van der Waals surface area contributed by atoms with Crippen molar-refractivity contribution >= 4 is 23.5 Å². The fraction of sp³-hybridized carbons (Fsp3) is 0.391. The number of hydrogen-bond donors (Lipinski definition) is 1. The largest absolute Gasteiger partial charge is 0.494 e. The summed E-state index contributed by atoms with van der Waals surface area (Å²) in [6.07, 6.45) is 4.67. The molecule has 29 heavy (non-hydrogen) atoms. The molecule has 1 atom stereocenters. The number of anilines is 2. The Labute approximate surface area is 172 Å². The normalized spacial score (nSPS) is 15.2. The molecule has 0 radical (unpaired) electrons. The number of nitrogens with zero attached hydrogens (tertiary/aromatic N) is 2. The second kappa shape index (κ2) is 10.5. The highest BCUT2D eigenvalue weighted by atomic mass is 16.6. The van der Waals surface area contributed by atoms with Gasteiger partial charge >= 0.3 is 0 Å². The summed E-state index contributed by atoms with van der Waals surface area (Å²) < 4.78 is 5.40. The summed E-state index contributed by atoms with van der Waals surface area (Å²) in [5, 5.41) is 6.79. The van der Waals surface area contributed by atoms with Crippen molar-refractivity contribution in [2.24, 2.45) is 5.16 Å². The van der Waals surface area contributed by atoms with Crippen LogP contribution in [0.3, 0.4) is 0 Å². The third kappa shape index (κ3) is 6.24. The molecule has 2 aromatic carbocycles. The summed E-state index contributed by atoms with van der Waals surface area (Å²) in [5.74, 6) is 0.573. The first-order valence-electron chi connectivity index (χ1n) is 10.2. The van der Waals surface area contributed by atoms with E-state index in [4.69, 9.17) is 9.57 Å². The molecule has 1 aliphatic heterocycles. The van der Waals surface area contributed by atoms with Gasteiger partial charge in [0.1, 0.15) is 5.75 Å². The van der Waals surface area contributed by atoms with E-state index in [1.807, 2.05) is 43.3 Å². The number of ether oxygens (including phenoxy) is 1. The van der Waals surface area contributed by atoms with E-state index in [2.05, 4.69) is 27.5 Å². The first-order chi connectivity index (χ1) is 14.2. The van der Waals surface area contributed by atoms with Gasteiger partial charge < -0.3 is 19.8 Å². The predicted molar refractivity (Wildman–Crippen MR) is 117 cm³/mol. The quantitative estimate of drug-likeness (QED) is 0.530. The molecule has 0 saturated carbocycles. The minimum atomic E-state index is -0.698. The average molecular weight is 396 g/mol. The Morgan fingerprint density at radius 2 is 1.79 bits per heavy atom. The molecule has 0 aliphatic carbocycles. The highest BCUT2D eigenvalue weighted by molar-refractivity contribution is 5.94. The van der Waals surface area contributed by atoms with Crippen molar-refractivity contribution in [2.75, 3.05) is 29.9 Å². The van der Waals surface area contributed by atoms with E-state index < -0.39 is 6.10 Å². The van der Waals surface area contributed by atoms with Crippen LogP contribution in [0.4, 0.5) is 11.4 Å². The third-order valence-electron chi connectivity index (χ3n) is 4.84. The van der Waals surface area contributed by atoms with Gasteiger partial charge in [-0.1, -0.05) is 5.16 Å². The molecule has 1 aliphatic rings. The number of nitrogens with one attached hydrogen (secondary N) is 1. The van der Waals surface area contributed by atoms with Crippen LogP contribution in [-0.2, 0) is 9.63 Å². The Balaban J connectivity index is 1.47. The van der Waals surface area contributed by atoms with Crippen molar-refractivity contribution in [3.05, 3.63) is 54.1 Å². The average Bonchev–Trinajstić information content (AvgIpc) is 2.76. The monoisotopic (exact) mass is 395 g/mol. The molecule has 0 unspecified atom stereocenters. The Bertz CT molecular complexity index is 797. The molecule has 6 heteroatoms. The number of hydrogen-bond acceptors (Lipinski definition) is 5. The minimum absolute atomic E-state index is 0.237. The fourth-order valence-corrected chi connectivity index (χ4v) is 3.20. The summed E-state index contributed by atoms with van der Waals surface area (Å²) in [5.41, 5.74) is 2.82. The lowest BCUT2D eigenvalue weighted by atomic mass is 10.1. The van der Waals surface area contributed by atoms with Crippen LogP contribution in [0.15, 0.2) is 53.7 Å². The molecule has 0 aromatic heterocycles. The van der Waals surface area contributed by atoms with Gasteiger partial charge in [0.15, 0.2) is 0 Å². The topological polar surface area (TPSA) is 63.2 Å². The van der Waals surface area contributed by atoms with Gasteiger partial charge in [-0.3, -0.25) is 4.79 Å². The first kappa shape index (κ1) is 20.7. The summed E-state index contributed by atoms with van der Waals surface area (Å²) in [6.45, 7) is 6.45. The second-order valence-electron chi connectivity index (χ2n) is 7.07. The summed E-state index contributed by atoms with van der Waals surface area (Å²) in [4.78, 5) is 20.0. The number of carbonyl (C=O) groups excluding carboxylic acids is 1. The number of amides is 1. The summed E-state index contributed by atoms with van der Waals surface area (Å²) >= 11 is 0. The van der Waals surface area contributed by atoms with Gasteiger partial charge in [0.2, 0.25) is 6.10 Å². The Morgan fingerprint density at radius 1 is 1.10 bits per heavy atom. The summed E-state index contributed by atoms with van der Waals surface area (Å²) in [7, 11) is 0. The second-order valence-corrected chi connectivity index (χ2v) is 7.07. The van der Waals surface area contributed by atoms with Gasteiger partial charge in [0.25, 0.3) is 5.91 Å². The molecule has 0 bridgehead atoms. The molecular formula is C23H29N3O3. The highest BCUT2D eigenvalue weighted by Gasteiger charge is 2.15. The van der Waals surface area contributed by atoms with Crippen LogP contribution in [0.25, 0.3) is 0 Å². The third-order valence-corrected chi connectivity index (χ3v) is 4.84. The predicted octanol–water partition coefficient (Wildman–Crippen LogP) is 4.45. The minimum Gasteiger partial charge on any atom is -0.494 e. The maximum absolute atomic E-state index is 12.3. The van der Waals surface area contributed by atoms with E-state index in [0.717, 1.165) is 30.1 Å². The van der Waals surface area contributed by atoms with Crippen LogP contribution in [-0.4, -0.2) is 37.9 Å². The molecule has 1 fully saturated rings. The van der Waals surface area contributed by atoms with E-state index in [0.29, 0.717) is 6.61 Å². The van der Waals surface area contributed by atoms with Crippen molar-refractivity contribution in [2.45, 2.75) is 39.2 Å². The van der Waals surface area contributed by atoms with Gasteiger partial charge in [-0.15, -0.1) is 0 Å². The smallest absolute Gasteiger partial charge is 0.267 e. The van der Waals surface area contributed by atoms with Gasteiger partial charge in [-0.05, 0) is 87.2 Å². The van der Waals surface area contributed by atoms with Crippen LogP contribution < -0.4 is 15.0 Å². The van der Waals surface area contributed by atoms with Crippen molar-refractivity contribution in [3.8, 4) is 5.75 Å². The van der Waals surface area contributed by atoms with Crippen LogP contribution >= 0.6 is 0 Å². The lowest BCUT2D eigenvalue weighted by Crippen LogP contribution is -2.29. The lowest BCUT2D eigenvalue weighted by molar-refractivity contribution is -0.126. The van der Waals surface area contributed by atoms with Crippen molar-refractivity contribution in [3.63, 3.8) is 0 Å². The molecule has 154 valence electrons. The van der Waals surface area contributed by atoms with E-state index in [1.54, 1.807) is 13.1 Å². The summed E-state index contributed by atoms with van der Waals surface area (Å²) in [6, 6.07) is 15.5. The first-order valence-corrected chi connectivity index (χ1v) is 10.2. The highest BCUT2D eigenvalue weighted by Crippen LogP contribution is 2.22. The van der Waals surface area contributed by atoms with Gasteiger partial charge in [0, 0.05) is 24.5 Å². The van der Waals surface area contributed by atoms with Gasteiger partial charge in [0.05, 0.1) is 12.8 Å². The van der Waals surface area contributed by atoms with Crippen LogP contribution in [0, 0.1) is 0 Å². The zero-order chi connectivity index (χ0) is 20.5. The zero-order valence-corrected chi connectivity index (χ0v) is 17.1. The van der Waals surface area contributed by atoms with Crippen LogP contribution in [0.1, 0.15) is 38.7 Å². The molecular weight excluding hydrogens is 366 g/mol. The van der Waals surface area contributed by atoms with Crippen molar-refractivity contribution in [1.82, 2.24) is 0 Å². The molecule has 0 spiro atoms. The number of carbonyl (C=O) groups is 1. The van der Waals surface area contributed by atoms with Crippen molar-refractivity contribution in [1.29, 1.82) is 0 Å². The van der Waals surface area contributed by atoms with E-state index in [1.165, 1.54) is 24.9 Å².